The van der Waals surface area contributed by atoms with Crippen LogP contribution in [0.25, 0.3) is 11.4 Å². The Morgan fingerprint density at radius 2 is 2.28 bits per heavy atom. The van der Waals surface area contributed by atoms with E-state index in [1.54, 1.807) is 11.0 Å². The van der Waals surface area contributed by atoms with Gasteiger partial charge in [-0.05, 0) is 37.5 Å². The fourth-order valence-electron chi connectivity index (χ4n) is 3.02. The van der Waals surface area contributed by atoms with Crippen molar-refractivity contribution in [3.63, 3.8) is 0 Å². The lowest BCUT2D eigenvalue weighted by atomic mass is 10.1. The number of aromatic amines is 1. The lowest BCUT2D eigenvalue weighted by Gasteiger charge is -2.24. The predicted molar refractivity (Wildman–Crippen MR) is 90.0 cm³/mol. The third-order valence-electron chi connectivity index (χ3n) is 4.26. The average Bonchev–Trinajstić information content (AvgIpc) is 3.28. The van der Waals surface area contributed by atoms with Gasteiger partial charge in [-0.1, -0.05) is 6.92 Å². The van der Waals surface area contributed by atoms with Crippen LogP contribution < -0.4 is 5.32 Å². The molecule has 0 unspecified atom stereocenters. The molecule has 0 aliphatic carbocycles. The normalized spacial score (nSPS) is 16.9. The molecule has 0 bridgehead atoms. The van der Waals surface area contributed by atoms with E-state index in [9.17, 15) is 14.0 Å². The van der Waals surface area contributed by atoms with Crippen LogP contribution in [-0.2, 0) is 9.59 Å². The van der Waals surface area contributed by atoms with Crippen molar-refractivity contribution in [2.24, 2.45) is 0 Å². The minimum atomic E-state index is -0.563. The van der Waals surface area contributed by atoms with E-state index in [-0.39, 0.29) is 17.5 Å². The molecule has 25 heavy (non-hydrogen) atoms. The molecule has 0 spiro atoms. The van der Waals surface area contributed by atoms with Gasteiger partial charge in [-0.3, -0.25) is 14.7 Å². The van der Waals surface area contributed by atoms with Crippen molar-refractivity contribution >= 4 is 17.5 Å². The smallest absolute Gasteiger partial charge is 0.247 e. The topological polar surface area (TPSA) is 91.0 Å². The van der Waals surface area contributed by atoms with Gasteiger partial charge in [0.05, 0.1) is 5.69 Å². The van der Waals surface area contributed by atoms with Gasteiger partial charge in [-0.15, -0.1) is 0 Å². The Hall–Kier alpha value is -2.77. The Labute approximate surface area is 144 Å². The second kappa shape index (κ2) is 7.42. The number of likely N-dealkylation sites (tertiary alicyclic amines) is 1. The minimum absolute atomic E-state index is 0.0266. The van der Waals surface area contributed by atoms with E-state index >= 15 is 0 Å². The number of rotatable bonds is 5. The van der Waals surface area contributed by atoms with Crippen LogP contribution in [-0.4, -0.2) is 44.5 Å². The highest BCUT2D eigenvalue weighted by atomic mass is 19.1. The van der Waals surface area contributed by atoms with Gasteiger partial charge in [0.1, 0.15) is 18.2 Å². The van der Waals surface area contributed by atoms with Crippen LogP contribution in [0, 0.1) is 5.82 Å². The van der Waals surface area contributed by atoms with Crippen LogP contribution in [0.15, 0.2) is 24.5 Å². The van der Waals surface area contributed by atoms with E-state index in [2.05, 4.69) is 20.5 Å². The summed E-state index contributed by atoms with van der Waals surface area (Å²) in [5.41, 5.74) is 0.622. The number of anilines is 1. The Morgan fingerprint density at radius 1 is 1.44 bits per heavy atom. The maximum Gasteiger partial charge on any atom is 0.247 e. The molecule has 2 aromatic rings. The summed E-state index contributed by atoms with van der Waals surface area (Å²) >= 11 is 0. The number of halogens is 1. The van der Waals surface area contributed by atoms with Crippen LogP contribution in [0.1, 0.15) is 32.6 Å². The van der Waals surface area contributed by atoms with Crippen molar-refractivity contribution in [1.82, 2.24) is 20.1 Å². The van der Waals surface area contributed by atoms with E-state index in [1.807, 2.05) is 6.92 Å². The van der Waals surface area contributed by atoms with Gasteiger partial charge < -0.3 is 10.2 Å². The van der Waals surface area contributed by atoms with Crippen molar-refractivity contribution < 1.29 is 14.0 Å². The van der Waals surface area contributed by atoms with Crippen molar-refractivity contribution in [1.29, 1.82) is 0 Å². The third kappa shape index (κ3) is 3.67. The number of carbonyl (C=O) groups excluding carboxylic acids is 2. The summed E-state index contributed by atoms with van der Waals surface area (Å²) in [6.45, 7) is 2.50. The summed E-state index contributed by atoms with van der Waals surface area (Å²) in [6.07, 6.45) is 3.87. The number of hydrogen-bond acceptors (Lipinski definition) is 4. The number of hydrogen-bond donors (Lipinski definition) is 2. The molecule has 1 atom stereocenters. The maximum atomic E-state index is 14.3. The fraction of sp³-hybridized carbons (Fsp3) is 0.412. The molecule has 1 aromatic carbocycles. The Bertz CT molecular complexity index is 762. The minimum Gasteiger partial charge on any atom is -0.331 e. The SMILES string of the molecule is CCCC(=O)N1CCC[C@H]1C(=O)Nc1ccc(-c2ncn[nH]2)cc1F. The fourth-order valence-corrected chi connectivity index (χ4v) is 3.02. The Kier molecular flexibility index (Phi) is 5.06. The second-order valence-electron chi connectivity index (χ2n) is 6.01. The summed E-state index contributed by atoms with van der Waals surface area (Å²) in [5.74, 6) is -0.495. The first-order valence-corrected chi connectivity index (χ1v) is 8.35. The van der Waals surface area contributed by atoms with Gasteiger partial charge >= 0.3 is 0 Å². The summed E-state index contributed by atoms with van der Waals surface area (Å²) in [7, 11) is 0. The highest BCUT2D eigenvalue weighted by molar-refractivity contribution is 5.97. The lowest BCUT2D eigenvalue weighted by molar-refractivity contribution is -0.136. The summed E-state index contributed by atoms with van der Waals surface area (Å²) in [5, 5.41) is 8.98. The van der Waals surface area contributed by atoms with Crippen LogP contribution in [0.3, 0.4) is 0 Å². The number of aromatic nitrogens is 3. The molecule has 1 aromatic heterocycles. The predicted octanol–water partition coefficient (Wildman–Crippen LogP) is 2.34. The van der Waals surface area contributed by atoms with Crippen LogP contribution in [0.5, 0.6) is 0 Å². The van der Waals surface area contributed by atoms with Crippen LogP contribution in [0.2, 0.25) is 0 Å². The molecule has 0 saturated carbocycles. The standard InChI is InChI=1S/C17H20FN5O2/c1-2-4-15(24)23-8-3-5-14(23)17(25)21-13-7-6-11(9-12(13)18)16-19-10-20-22-16/h6-7,9-10,14H,2-5,8H2,1H3,(H,21,25)(H,19,20,22)/t14-/m0/s1. The molecule has 1 aliphatic rings. The van der Waals surface area contributed by atoms with E-state index in [0.29, 0.717) is 30.8 Å². The van der Waals surface area contributed by atoms with Crippen molar-refractivity contribution in [2.45, 2.75) is 38.6 Å². The zero-order chi connectivity index (χ0) is 17.8. The summed E-state index contributed by atoms with van der Waals surface area (Å²) in [6, 6.07) is 3.88. The monoisotopic (exact) mass is 345 g/mol. The number of amides is 2. The van der Waals surface area contributed by atoms with E-state index in [0.717, 1.165) is 12.8 Å². The van der Waals surface area contributed by atoms with Crippen LogP contribution in [0.4, 0.5) is 10.1 Å². The van der Waals surface area contributed by atoms with Gasteiger partial charge in [0.25, 0.3) is 0 Å². The van der Waals surface area contributed by atoms with Crippen molar-refractivity contribution in [2.75, 3.05) is 11.9 Å². The average molecular weight is 345 g/mol. The number of benzene rings is 1. The lowest BCUT2D eigenvalue weighted by Crippen LogP contribution is -2.43. The largest absolute Gasteiger partial charge is 0.331 e. The van der Waals surface area contributed by atoms with E-state index < -0.39 is 11.9 Å². The first-order chi connectivity index (χ1) is 12.1. The van der Waals surface area contributed by atoms with E-state index in [4.69, 9.17) is 0 Å². The molecular weight excluding hydrogens is 325 g/mol. The maximum absolute atomic E-state index is 14.3. The highest BCUT2D eigenvalue weighted by Gasteiger charge is 2.33. The molecular formula is C17H20FN5O2. The molecule has 8 heteroatoms. The van der Waals surface area contributed by atoms with Gasteiger partial charge in [0, 0.05) is 18.5 Å². The molecule has 132 valence electrons. The van der Waals surface area contributed by atoms with Crippen LogP contribution >= 0.6 is 0 Å². The highest BCUT2D eigenvalue weighted by Crippen LogP contribution is 2.24. The number of nitrogens with one attached hydrogen (secondary N) is 2. The number of nitrogens with zero attached hydrogens (tertiary/aromatic N) is 3. The second-order valence-corrected chi connectivity index (χ2v) is 6.01. The molecule has 3 rings (SSSR count). The summed E-state index contributed by atoms with van der Waals surface area (Å²) in [4.78, 5) is 30.2. The molecule has 1 aliphatic heterocycles. The van der Waals surface area contributed by atoms with Crippen molar-refractivity contribution in [3.8, 4) is 11.4 Å². The molecule has 2 heterocycles. The van der Waals surface area contributed by atoms with Gasteiger partial charge in [-0.25, -0.2) is 9.37 Å². The zero-order valence-corrected chi connectivity index (χ0v) is 14.0. The molecule has 2 amide bonds. The number of H-pyrrole nitrogens is 1. The van der Waals surface area contributed by atoms with Gasteiger partial charge in [0.2, 0.25) is 11.8 Å². The third-order valence-corrected chi connectivity index (χ3v) is 4.26. The molecule has 0 radical (unpaired) electrons. The van der Waals surface area contributed by atoms with Gasteiger partial charge in [0.15, 0.2) is 5.82 Å². The Balaban J connectivity index is 1.71. The van der Waals surface area contributed by atoms with Crippen molar-refractivity contribution in [3.05, 3.63) is 30.3 Å². The summed E-state index contributed by atoms with van der Waals surface area (Å²) < 4.78 is 14.3. The number of carbonyl (C=O) groups is 2. The van der Waals surface area contributed by atoms with Gasteiger partial charge in [-0.2, -0.15) is 5.10 Å². The molecule has 1 saturated heterocycles. The quantitative estimate of drug-likeness (QED) is 0.870. The molecule has 2 N–H and O–H groups in total. The zero-order valence-electron chi connectivity index (χ0n) is 14.0. The first-order valence-electron chi connectivity index (χ1n) is 8.35. The Morgan fingerprint density at radius 3 is 2.96 bits per heavy atom. The van der Waals surface area contributed by atoms with E-state index in [1.165, 1.54) is 18.5 Å². The molecule has 1 fully saturated rings. The molecule has 7 nitrogen and oxygen atoms in total. The first kappa shape index (κ1) is 17.1.